The summed E-state index contributed by atoms with van der Waals surface area (Å²) in [7, 11) is 0. The molecule has 0 fully saturated rings. The fourth-order valence-corrected chi connectivity index (χ4v) is 2.60. The van der Waals surface area contributed by atoms with E-state index >= 15 is 0 Å². The van der Waals surface area contributed by atoms with Crippen LogP contribution in [-0.4, -0.2) is 17.0 Å². The highest BCUT2D eigenvalue weighted by Gasteiger charge is 2.22. The molecular weight excluding hydrogens is 214 g/mol. The zero-order chi connectivity index (χ0) is 12.0. The van der Waals surface area contributed by atoms with E-state index in [-0.39, 0.29) is 0 Å². The summed E-state index contributed by atoms with van der Waals surface area (Å²) in [6.07, 6.45) is 13.2. The first-order valence-electron chi connectivity index (χ1n) is 5.72. The molecule has 1 nitrogen and oxygen atoms in total. The Bertz CT molecular complexity index is 329. The smallest absolute Gasteiger partial charge is 0.0735 e. The van der Waals surface area contributed by atoms with Gasteiger partial charge < -0.3 is 0 Å². The standard InChI is InChI=1S/C14H21NS/c1-5-6-7-8-9-15-12-10-13(11-12)16-14(2,3)4/h5-10,12H,11H2,1-4H3/b6-5-,8-7-,15-9+. The van der Waals surface area contributed by atoms with Crippen molar-refractivity contribution in [3.63, 3.8) is 0 Å². The highest BCUT2D eigenvalue weighted by atomic mass is 32.2. The van der Waals surface area contributed by atoms with Crippen LogP contribution in [0.1, 0.15) is 34.1 Å². The predicted octanol–water partition coefficient (Wildman–Crippen LogP) is 4.38. The van der Waals surface area contributed by atoms with Gasteiger partial charge in [0, 0.05) is 17.4 Å². The molecule has 1 atom stereocenters. The van der Waals surface area contributed by atoms with Gasteiger partial charge in [0.25, 0.3) is 0 Å². The highest BCUT2D eigenvalue weighted by molar-refractivity contribution is 8.04. The van der Waals surface area contributed by atoms with Crippen molar-refractivity contribution in [2.75, 3.05) is 0 Å². The Hall–Kier alpha value is -0.760. The summed E-state index contributed by atoms with van der Waals surface area (Å²) in [5, 5.41) is 0. The van der Waals surface area contributed by atoms with Crippen LogP contribution in [0.25, 0.3) is 0 Å². The van der Waals surface area contributed by atoms with Crippen LogP contribution in [0.3, 0.4) is 0 Å². The molecule has 0 N–H and O–H groups in total. The first-order valence-corrected chi connectivity index (χ1v) is 6.54. The molecule has 0 spiro atoms. The molecule has 0 aliphatic heterocycles. The highest BCUT2D eigenvalue weighted by Crippen LogP contribution is 2.39. The number of thioether (sulfide) groups is 1. The van der Waals surface area contributed by atoms with Crippen LogP contribution in [-0.2, 0) is 0 Å². The minimum Gasteiger partial charge on any atom is -0.285 e. The molecule has 0 radical (unpaired) electrons. The molecule has 0 bridgehead atoms. The van der Waals surface area contributed by atoms with Gasteiger partial charge in [0.15, 0.2) is 0 Å². The largest absolute Gasteiger partial charge is 0.285 e. The first kappa shape index (κ1) is 13.3. The van der Waals surface area contributed by atoms with Crippen molar-refractivity contribution in [2.24, 2.45) is 4.99 Å². The maximum Gasteiger partial charge on any atom is 0.0735 e. The molecule has 0 heterocycles. The minimum atomic E-state index is 0.326. The zero-order valence-corrected chi connectivity index (χ0v) is 11.4. The lowest BCUT2D eigenvalue weighted by Crippen LogP contribution is -2.17. The molecule has 88 valence electrons. The second-order valence-electron chi connectivity index (χ2n) is 4.83. The number of aliphatic imine (C=N–C) groups is 1. The van der Waals surface area contributed by atoms with Crippen molar-refractivity contribution in [3.05, 3.63) is 35.3 Å². The van der Waals surface area contributed by atoms with Crippen LogP contribution in [0, 0.1) is 0 Å². The second kappa shape index (κ2) is 6.09. The summed E-state index contributed by atoms with van der Waals surface area (Å²) in [6.45, 7) is 8.74. The van der Waals surface area contributed by atoms with Crippen LogP contribution in [0.2, 0.25) is 0 Å². The van der Waals surface area contributed by atoms with Crippen molar-refractivity contribution in [2.45, 2.75) is 44.9 Å². The van der Waals surface area contributed by atoms with Gasteiger partial charge in [-0.15, -0.1) is 11.8 Å². The van der Waals surface area contributed by atoms with E-state index in [9.17, 15) is 0 Å². The maximum absolute atomic E-state index is 4.45. The average Bonchev–Trinajstić information content (AvgIpc) is 2.11. The van der Waals surface area contributed by atoms with Crippen molar-refractivity contribution >= 4 is 18.0 Å². The monoisotopic (exact) mass is 235 g/mol. The van der Waals surface area contributed by atoms with Gasteiger partial charge in [-0.25, -0.2) is 0 Å². The van der Waals surface area contributed by atoms with Crippen LogP contribution in [0.15, 0.2) is 40.3 Å². The molecule has 0 amide bonds. The quantitative estimate of drug-likeness (QED) is 0.520. The molecule has 0 aromatic rings. The van der Waals surface area contributed by atoms with Crippen LogP contribution in [0.4, 0.5) is 0 Å². The molecule has 1 aliphatic carbocycles. The van der Waals surface area contributed by atoms with Gasteiger partial charge in [0.2, 0.25) is 0 Å². The van der Waals surface area contributed by atoms with Crippen LogP contribution < -0.4 is 0 Å². The number of hydrogen-bond acceptors (Lipinski definition) is 2. The molecule has 0 saturated carbocycles. The summed E-state index contributed by atoms with van der Waals surface area (Å²) in [5.41, 5.74) is 0. The lowest BCUT2D eigenvalue weighted by molar-refractivity contribution is 0.751. The molecule has 0 aromatic carbocycles. The zero-order valence-electron chi connectivity index (χ0n) is 10.6. The number of allylic oxidation sites excluding steroid dienone is 4. The minimum absolute atomic E-state index is 0.326. The molecule has 0 aromatic heterocycles. The number of nitrogens with zero attached hydrogens (tertiary/aromatic N) is 1. The lowest BCUT2D eigenvalue weighted by atomic mass is 10.1. The molecule has 0 saturated heterocycles. The summed E-state index contributed by atoms with van der Waals surface area (Å²) in [5.74, 6) is 0. The van der Waals surface area contributed by atoms with E-state index in [0.717, 1.165) is 6.42 Å². The molecular formula is C14H21NS. The molecule has 1 rings (SSSR count). The van der Waals surface area contributed by atoms with E-state index < -0.39 is 0 Å². The maximum atomic E-state index is 4.45. The van der Waals surface area contributed by atoms with Gasteiger partial charge in [0.1, 0.15) is 0 Å². The van der Waals surface area contributed by atoms with Crippen molar-refractivity contribution < 1.29 is 0 Å². The number of hydrogen-bond donors (Lipinski definition) is 0. The summed E-state index contributed by atoms with van der Waals surface area (Å²) in [4.78, 5) is 5.92. The van der Waals surface area contributed by atoms with E-state index in [1.165, 1.54) is 4.91 Å². The van der Waals surface area contributed by atoms with Gasteiger partial charge >= 0.3 is 0 Å². The normalized spacial score (nSPS) is 22.0. The SMILES string of the molecule is C\C=C/C=C\C=N\C1C=C(SC(C)(C)C)C1. The van der Waals surface area contributed by atoms with Crippen molar-refractivity contribution in [1.29, 1.82) is 0 Å². The molecule has 1 unspecified atom stereocenters. The lowest BCUT2D eigenvalue weighted by Gasteiger charge is -2.27. The number of rotatable bonds is 4. The fourth-order valence-electron chi connectivity index (χ4n) is 1.34. The molecule has 16 heavy (non-hydrogen) atoms. The summed E-state index contributed by atoms with van der Waals surface area (Å²) < 4.78 is 0.326. The third kappa shape index (κ3) is 5.36. The summed E-state index contributed by atoms with van der Waals surface area (Å²) >= 11 is 1.95. The second-order valence-corrected chi connectivity index (χ2v) is 6.78. The Labute approximate surface area is 103 Å². The van der Waals surface area contributed by atoms with Gasteiger partial charge in [-0.2, -0.15) is 0 Å². The Kier molecular flexibility index (Phi) is 5.07. The Morgan fingerprint density at radius 2 is 2.00 bits per heavy atom. The van der Waals surface area contributed by atoms with Gasteiger partial charge in [-0.3, -0.25) is 4.99 Å². The predicted molar refractivity (Wildman–Crippen MR) is 76.3 cm³/mol. The third-order valence-corrected chi connectivity index (χ3v) is 3.18. The van der Waals surface area contributed by atoms with E-state index in [4.69, 9.17) is 0 Å². The molecule has 1 aliphatic rings. The topological polar surface area (TPSA) is 12.4 Å². The third-order valence-electron chi connectivity index (χ3n) is 2.00. The fraction of sp³-hybridized carbons (Fsp3) is 0.500. The van der Waals surface area contributed by atoms with Crippen LogP contribution in [0.5, 0.6) is 0 Å². The molecule has 2 heteroatoms. The van der Waals surface area contributed by atoms with Gasteiger partial charge in [-0.05, 0) is 17.9 Å². The van der Waals surface area contributed by atoms with Gasteiger partial charge in [-0.1, -0.05) is 45.1 Å². The Morgan fingerprint density at radius 1 is 1.31 bits per heavy atom. The van der Waals surface area contributed by atoms with E-state index in [1.54, 1.807) is 0 Å². The first-order chi connectivity index (χ1) is 7.51. The van der Waals surface area contributed by atoms with E-state index in [0.29, 0.717) is 10.8 Å². The van der Waals surface area contributed by atoms with Crippen molar-refractivity contribution in [3.8, 4) is 0 Å². The van der Waals surface area contributed by atoms with E-state index in [2.05, 4.69) is 31.8 Å². The summed E-state index contributed by atoms with van der Waals surface area (Å²) in [6, 6.07) is 0.403. The van der Waals surface area contributed by atoms with Gasteiger partial charge in [0.05, 0.1) is 6.04 Å². The average molecular weight is 235 g/mol. The van der Waals surface area contributed by atoms with Crippen molar-refractivity contribution in [1.82, 2.24) is 0 Å². The van der Waals surface area contributed by atoms with E-state index in [1.807, 2.05) is 49.2 Å². The van der Waals surface area contributed by atoms with Crippen LogP contribution >= 0.6 is 11.8 Å². The Balaban J connectivity index is 2.30. The Morgan fingerprint density at radius 3 is 2.56 bits per heavy atom.